The standard InChI is InChI=1S/C15H26N4OS/c1-9(2)19-15(6,13(16)20)7-8-21-14-17-11(4)10(3)12(5)18-14/h9,19H,7-8H2,1-6H3,(H2,16,20). The number of carbonyl (C=O) groups is 1. The van der Waals surface area contributed by atoms with E-state index in [2.05, 4.69) is 15.3 Å². The second-order valence-electron chi connectivity index (χ2n) is 5.90. The smallest absolute Gasteiger partial charge is 0.237 e. The van der Waals surface area contributed by atoms with E-state index in [1.54, 1.807) is 11.8 Å². The number of nitrogens with one attached hydrogen (secondary N) is 1. The lowest BCUT2D eigenvalue weighted by Gasteiger charge is -2.29. The molecule has 0 bridgehead atoms. The van der Waals surface area contributed by atoms with Crippen LogP contribution in [0.2, 0.25) is 0 Å². The summed E-state index contributed by atoms with van der Waals surface area (Å²) in [4.78, 5) is 20.6. The van der Waals surface area contributed by atoms with Crippen LogP contribution in [0.1, 0.15) is 44.1 Å². The summed E-state index contributed by atoms with van der Waals surface area (Å²) in [6, 6.07) is 0.201. The number of aryl methyl sites for hydroxylation is 2. The molecule has 1 amide bonds. The quantitative estimate of drug-likeness (QED) is 0.595. The molecule has 1 aromatic rings. The van der Waals surface area contributed by atoms with Crippen LogP contribution in [0.5, 0.6) is 0 Å². The fraction of sp³-hybridized carbons (Fsp3) is 0.667. The number of rotatable bonds is 7. The number of aromatic nitrogens is 2. The third-order valence-corrected chi connectivity index (χ3v) is 4.45. The number of primary amides is 1. The Labute approximate surface area is 131 Å². The van der Waals surface area contributed by atoms with Crippen molar-refractivity contribution in [2.75, 3.05) is 5.75 Å². The Balaban J connectivity index is 2.69. The normalized spacial score (nSPS) is 14.2. The Hall–Kier alpha value is -1.14. The zero-order chi connectivity index (χ0) is 16.2. The van der Waals surface area contributed by atoms with Crippen LogP contribution in [0.3, 0.4) is 0 Å². The predicted molar refractivity (Wildman–Crippen MR) is 87.5 cm³/mol. The van der Waals surface area contributed by atoms with Crippen LogP contribution in [0, 0.1) is 20.8 Å². The molecule has 5 nitrogen and oxygen atoms in total. The highest BCUT2D eigenvalue weighted by atomic mass is 32.2. The minimum Gasteiger partial charge on any atom is -0.368 e. The molecule has 0 aliphatic rings. The van der Waals surface area contributed by atoms with Crippen molar-refractivity contribution in [2.45, 2.75) is 64.7 Å². The Morgan fingerprint density at radius 2 is 1.81 bits per heavy atom. The summed E-state index contributed by atoms with van der Waals surface area (Å²) in [5, 5.41) is 4.00. The summed E-state index contributed by atoms with van der Waals surface area (Å²) in [6.45, 7) is 11.9. The topological polar surface area (TPSA) is 80.9 Å². The maximum absolute atomic E-state index is 11.7. The van der Waals surface area contributed by atoms with Gasteiger partial charge < -0.3 is 11.1 Å². The molecule has 0 saturated heterocycles. The van der Waals surface area contributed by atoms with Gasteiger partial charge in [-0.15, -0.1) is 0 Å². The highest BCUT2D eigenvalue weighted by Crippen LogP contribution is 2.21. The Kier molecular flexibility index (Phi) is 6.16. The number of carbonyl (C=O) groups excluding carboxylic acids is 1. The van der Waals surface area contributed by atoms with Gasteiger partial charge >= 0.3 is 0 Å². The van der Waals surface area contributed by atoms with Crippen molar-refractivity contribution in [3.05, 3.63) is 17.0 Å². The van der Waals surface area contributed by atoms with Crippen LogP contribution >= 0.6 is 11.8 Å². The van der Waals surface area contributed by atoms with Gasteiger partial charge in [0.15, 0.2) is 5.16 Å². The number of amides is 1. The number of nitrogens with zero attached hydrogens (tertiary/aromatic N) is 2. The van der Waals surface area contributed by atoms with Crippen LogP contribution in [-0.2, 0) is 4.79 Å². The number of hydrogen-bond donors (Lipinski definition) is 2. The molecule has 0 aromatic carbocycles. The molecule has 0 spiro atoms. The van der Waals surface area contributed by atoms with Gasteiger partial charge in [0, 0.05) is 23.2 Å². The van der Waals surface area contributed by atoms with Crippen LogP contribution in [0.4, 0.5) is 0 Å². The SMILES string of the molecule is Cc1nc(SCCC(C)(NC(C)C)C(N)=O)nc(C)c1C. The van der Waals surface area contributed by atoms with E-state index in [4.69, 9.17) is 5.73 Å². The molecule has 0 fully saturated rings. The molecule has 118 valence electrons. The van der Waals surface area contributed by atoms with Gasteiger partial charge in [-0.05, 0) is 53.5 Å². The fourth-order valence-corrected chi connectivity index (χ4v) is 3.15. The van der Waals surface area contributed by atoms with Gasteiger partial charge in [-0.1, -0.05) is 11.8 Å². The van der Waals surface area contributed by atoms with E-state index in [1.165, 1.54) is 0 Å². The average molecular weight is 310 g/mol. The molecule has 1 aromatic heterocycles. The van der Waals surface area contributed by atoms with Crippen molar-refractivity contribution in [1.29, 1.82) is 0 Å². The molecule has 0 aliphatic carbocycles. The summed E-state index contributed by atoms with van der Waals surface area (Å²) in [7, 11) is 0. The Morgan fingerprint density at radius 3 is 2.24 bits per heavy atom. The van der Waals surface area contributed by atoms with E-state index < -0.39 is 5.54 Å². The molecule has 1 atom stereocenters. The van der Waals surface area contributed by atoms with Crippen molar-refractivity contribution in [2.24, 2.45) is 5.73 Å². The highest BCUT2D eigenvalue weighted by molar-refractivity contribution is 7.99. The number of nitrogens with two attached hydrogens (primary N) is 1. The zero-order valence-electron chi connectivity index (χ0n) is 13.8. The molecule has 6 heteroatoms. The summed E-state index contributed by atoms with van der Waals surface area (Å²) < 4.78 is 0. The minimum atomic E-state index is -0.698. The maximum Gasteiger partial charge on any atom is 0.237 e. The van der Waals surface area contributed by atoms with Crippen LogP contribution in [0.25, 0.3) is 0 Å². The molecule has 21 heavy (non-hydrogen) atoms. The molecule has 1 rings (SSSR count). The maximum atomic E-state index is 11.7. The van der Waals surface area contributed by atoms with Gasteiger partial charge in [0.2, 0.25) is 5.91 Å². The second-order valence-corrected chi connectivity index (χ2v) is 6.96. The van der Waals surface area contributed by atoms with Crippen LogP contribution in [-0.4, -0.2) is 33.2 Å². The second kappa shape index (κ2) is 7.22. The van der Waals surface area contributed by atoms with Gasteiger partial charge in [0.25, 0.3) is 0 Å². The van der Waals surface area contributed by atoms with Gasteiger partial charge in [0.05, 0.1) is 5.54 Å². The van der Waals surface area contributed by atoms with Crippen LogP contribution in [0.15, 0.2) is 5.16 Å². The number of thioether (sulfide) groups is 1. The zero-order valence-corrected chi connectivity index (χ0v) is 14.6. The van der Waals surface area contributed by atoms with Gasteiger partial charge in [-0.3, -0.25) is 4.79 Å². The van der Waals surface area contributed by atoms with E-state index in [0.717, 1.165) is 27.9 Å². The molecular weight excluding hydrogens is 284 g/mol. The summed E-state index contributed by atoms with van der Waals surface area (Å²) >= 11 is 1.56. The largest absolute Gasteiger partial charge is 0.368 e. The number of hydrogen-bond acceptors (Lipinski definition) is 5. The predicted octanol–water partition coefficient (Wildman–Crippen LogP) is 2.13. The monoisotopic (exact) mass is 310 g/mol. The molecular formula is C15H26N4OS. The van der Waals surface area contributed by atoms with E-state index in [0.29, 0.717) is 6.42 Å². The molecule has 0 aliphatic heterocycles. The molecule has 0 saturated carbocycles. The van der Waals surface area contributed by atoms with Crippen molar-refractivity contribution >= 4 is 17.7 Å². The first-order valence-corrected chi connectivity index (χ1v) is 8.16. The highest BCUT2D eigenvalue weighted by Gasteiger charge is 2.31. The first-order chi connectivity index (χ1) is 9.65. The third-order valence-electron chi connectivity index (χ3n) is 3.60. The molecule has 0 radical (unpaired) electrons. The lowest BCUT2D eigenvalue weighted by molar-refractivity contribution is -0.124. The van der Waals surface area contributed by atoms with E-state index in [-0.39, 0.29) is 11.9 Å². The Bertz CT molecular complexity index is 495. The first-order valence-electron chi connectivity index (χ1n) is 7.18. The molecule has 3 N–H and O–H groups in total. The molecule has 1 heterocycles. The van der Waals surface area contributed by atoms with Crippen molar-refractivity contribution < 1.29 is 4.79 Å². The lowest BCUT2D eigenvalue weighted by Crippen LogP contribution is -2.55. The first kappa shape index (κ1) is 17.9. The Morgan fingerprint density at radius 1 is 1.29 bits per heavy atom. The fourth-order valence-electron chi connectivity index (χ4n) is 2.06. The van der Waals surface area contributed by atoms with Gasteiger partial charge in [-0.2, -0.15) is 0 Å². The minimum absolute atomic E-state index is 0.201. The summed E-state index contributed by atoms with van der Waals surface area (Å²) in [6.07, 6.45) is 0.639. The van der Waals surface area contributed by atoms with Crippen molar-refractivity contribution in [1.82, 2.24) is 15.3 Å². The molecule has 1 unspecified atom stereocenters. The van der Waals surface area contributed by atoms with E-state index in [9.17, 15) is 4.79 Å². The lowest BCUT2D eigenvalue weighted by atomic mass is 9.97. The van der Waals surface area contributed by atoms with Gasteiger partial charge in [0.1, 0.15) is 0 Å². The van der Waals surface area contributed by atoms with Crippen molar-refractivity contribution in [3.8, 4) is 0 Å². The third kappa shape index (κ3) is 4.97. The van der Waals surface area contributed by atoms with E-state index >= 15 is 0 Å². The van der Waals surface area contributed by atoms with E-state index in [1.807, 2.05) is 41.5 Å². The van der Waals surface area contributed by atoms with Crippen molar-refractivity contribution in [3.63, 3.8) is 0 Å². The van der Waals surface area contributed by atoms with Crippen LogP contribution < -0.4 is 11.1 Å². The van der Waals surface area contributed by atoms with Gasteiger partial charge in [-0.25, -0.2) is 9.97 Å². The summed E-state index contributed by atoms with van der Waals surface area (Å²) in [5.41, 5.74) is 7.96. The summed E-state index contributed by atoms with van der Waals surface area (Å²) in [5.74, 6) is 0.412. The average Bonchev–Trinajstić information content (AvgIpc) is 2.34.